The zero-order chi connectivity index (χ0) is 12.0. The lowest BCUT2D eigenvalue weighted by Gasteiger charge is -2.09. The van der Waals surface area contributed by atoms with E-state index >= 15 is 0 Å². The minimum absolute atomic E-state index is 0.00324. The largest absolute Gasteiger partial charge is 0.389 e. The molecule has 2 nitrogen and oxygen atoms in total. The van der Waals surface area contributed by atoms with Crippen LogP contribution >= 0.6 is 0 Å². The molecule has 0 aromatic heterocycles. The smallest absolute Gasteiger partial charge is 0.384 e. The first-order valence-electron chi connectivity index (χ1n) is 4.83. The fraction of sp³-hybridized carbons (Fsp3) is 0.364. The van der Waals surface area contributed by atoms with Gasteiger partial charge in [-0.2, -0.15) is 18.4 Å². The summed E-state index contributed by atoms with van der Waals surface area (Å²) in [6.45, 7) is 0.207. The molecule has 5 heteroatoms. The van der Waals surface area contributed by atoms with Gasteiger partial charge in [0.1, 0.15) is 6.07 Å². The highest BCUT2D eigenvalue weighted by molar-refractivity contribution is 5.56. The van der Waals surface area contributed by atoms with E-state index in [9.17, 15) is 13.2 Å². The normalized spacial score (nSPS) is 10.9. The van der Waals surface area contributed by atoms with Crippen LogP contribution in [0.25, 0.3) is 0 Å². The number of benzene rings is 1. The van der Waals surface area contributed by atoms with E-state index in [2.05, 4.69) is 5.32 Å². The molecule has 16 heavy (non-hydrogen) atoms. The number of nitrogens with zero attached hydrogens (tertiary/aromatic N) is 1. The SMILES string of the molecule is N#Cc1ccccc1NCCCC(F)(F)F. The summed E-state index contributed by atoms with van der Waals surface area (Å²) >= 11 is 0. The molecule has 0 amide bonds. The van der Waals surface area contributed by atoms with Gasteiger partial charge in [-0.3, -0.25) is 0 Å². The molecular weight excluding hydrogens is 217 g/mol. The van der Waals surface area contributed by atoms with Gasteiger partial charge in [-0.25, -0.2) is 0 Å². The summed E-state index contributed by atoms with van der Waals surface area (Å²) in [5.74, 6) is 0. The molecule has 1 rings (SSSR count). The molecule has 1 aromatic rings. The third-order valence-corrected chi connectivity index (χ3v) is 2.00. The summed E-state index contributed by atoms with van der Waals surface area (Å²) in [4.78, 5) is 0. The minimum atomic E-state index is -4.11. The number of hydrogen-bond donors (Lipinski definition) is 1. The summed E-state index contributed by atoms with van der Waals surface area (Å²) in [5, 5.41) is 11.5. The average Bonchev–Trinajstić information content (AvgIpc) is 2.23. The number of halogens is 3. The molecular formula is C11H11F3N2. The molecule has 1 N–H and O–H groups in total. The van der Waals surface area contributed by atoms with Crippen molar-refractivity contribution in [2.75, 3.05) is 11.9 Å². The van der Waals surface area contributed by atoms with Crippen molar-refractivity contribution in [3.63, 3.8) is 0 Å². The molecule has 0 atom stereocenters. The van der Waals surface area contributed by atoms with Crippen molar-refractivity contribution in [3.05, 3.63) is 29.8 Å². The van der Waals surface area contributed by atoms with Crippen LogP contribution in [0.5, 0.6) is 0 Å². The molecule has 0 aliphatic rings. The van der Waals surface area contributed by atoms with E-state index in [-0.39, 0.29) is 13.0 Å². The maximum absolute atomic E-state index is 11.8. The van der Waals surface area contributed by atoms with Gasteiger partial charge in [-0.15, -0.1) is 0 Å². The Morgan fingerprint density at radius 3 is 2.56 bits per heavy atom. The van der Waals surface area contributed by atoms with E-state index in [1.807, 2.05) is 6.07 Å². The molecule has 0 radical (unpaired) electrons. The van der Waals surface area contributed by atoms with Crippen LogP contribution in [0.4, 0.5) is 18.9 Å². The molecule has 86 valence electrons. The van der Waals surface area contributed by atoms with Gasteiger partial charge in [-0.1, -0.05) is 12.1 Å². The molecule has 0 aliphatic carbocycles. The fourth-order valence-electron chi connectivity index (χ4n) is 1.25. The summed E-state index contributed by atoms with van der Waals surface area (Å²) in [6.07, 6.45) is -4.92. The van der Waals surface area contributed by atoms with E-state index in [4.69, 9.17) is 5.26 Å². The lowest BCUT2D eigenvalue weighted by molar-refractivity contribution is -0.134. The van der Waals surface area contributed by atoms with Crippen LogP contribution in [-0.4, -0.2) is 12.7 Å². The highest BCUT2D eigenvalue weighted by Crippen LogP contribution is 2.21. The Labute approximate surface area is 91.7 Å². The van der Waals surface area contributed by atoms with Crippen molar-refractivity contribution in [3.8, 4) is 6.07 Å². The lowest BCUT2D eigenvalue weighted by Crippen LogP contribution is -2.11. The van der Waals surface area contributed by atoms with Gasteiger partial charge in [0, 0.05) is 13.0 Å². The molecule has 1 aromatic carbocycles. The highest BCUT2D eigenvalue weighted by atomic mass is 19.4. The zero-order valence-corrected chi connectivity index (χ0v) is 8.51. The number of rotatable bonds is 4. The number of anilines is 1. The topological polar surface area (TPSA) is 35.8 Å². The van der Waals surface area contributed by atoms with Gasteiger partial charge < -0.3 is 5.32 Å². The minimum Gasteiger partial charge on any atom is -0.384 e. The first kappa shape index (κ1) is 12.4. The third kappa shape index (κ3) is 4.22. The molecule has 0 fully saturated rings. The summed E-state index contributed by atoms with van der Waals surface area (Å²) in [6, 6.07) is 8.69. The molecule has 0 bridgehead atoms. The molecule has 0 aliphatic heterocycles. The first-order valence-corrected chi connectivity index (χ1v) is 4.83. The Bertz CT molecular complexity index is 380. The quantitative estimate of drug-likeness (QED) is 0.802. The standard InChI is InChI=1S/C11H11F3N2/c12-11(13,14)6-3-7-16-10-5-2-1-4-9(10)8-15/h1-2,4-5,16H,3,6-7H2. The number of hydrogen-bond acceptors (Lipinski definition) is 2. The second-order valence-corrected chi connectivity index (χ2v) is 3.30. The van der Waals surface area contributed by atoms with Crippen LogP contribution in [0.15, 0.2) is 24.3 Å². The van der Waals surface area contributed by atoms with Crippen LogP contribution in [0.2, 0.25) is 0 Å². The second kappa shape index (κ2) is 5.40. The fourth-order valence-corrected chi connectivity index (χ4v) is 1.25. The van der Waals surface area contributed by atoms with Crippen LogP contribution in [0, 0.1) is 11.3 Å². The molecule has 0 spiro atoms. The predicted molar refractivity (Wildman–Crippen MR) is 54.9 cm³/mol. The van der Waals surface area contributed by atoms with Gasteiger partial charge in [0.25, 0.3) is 0 Å². The van der Waals surface area contributed by atoms with Crippen molar-refractivity contribution in [1.29, 1.82) is 5.26 Å². The number of nitrogens with one attached hydrogen (secondary N) is 1. The van der Waals surface area contributed by atoms with Crippen molar-refractivity contribution < 1.29 is 13.2 Å². The Morgan fingerprint density at radius 2 is 1.94 bits per heavy atom. The van der Waals surface area contributed by atoms with Gasteiger partial charge in [0.15, 0.2) is 0 Å². The number of para-hydroxylation sites is 1. The van der Waals surface area contributed by atoms with E-state index in [0.29, 0.717) is 11.3 Å². The predicted octanol–water partition coefficient (Wildman–Crippen LogP) is 3.31. The van der Waals surface area contributed by atoms with Gasteiger partial charge >= 0.3 is 6.18 Å². The van der Waals surface area contributed by atoms with Crippen LogP contribution in [0.3, 0.4) is 0 Å². The Hall–Kier alpha value is -1.70. The molecule has 0 saturated heterocycles. The Kier molecular flexibility index (Phi) is 4.18. The maximum atomic E-state index is 11.8. The lowest BCUT2D eigenvalue weighted by atomic mass is 10.2. The third-order valence-electron chi connectivity index (χ3n) is 2.00. The first-order chi connectivity index (χ1) is 7.53. The summed E-state index contributed by atoms with van der Waals surface area (Å²) < 4.78 is 35.5. The van der Waals surface area contributed by atoms with Crippen molar-refractivity contribution in [2.45, 2.75) is 19.0 Å². The van der Waals surface area contributed by atoms with E-state index in [1.165, 1.54) is 0 Å². The van der Waals surface area contributed by atoms with E-state index < -0.39 is 12.6 Å². The van der Waals surface area contributed by atoms with E-state index in [1.54, 1.807) is 24.3 Å². The molecule has 0 saturated carbocycles. The highest BCUT2D eigenvalue weighted by Gasteiger charge is 2.25. The molecule has 0 unspecified atom stereocenters. The van der Waals surface area contributed by atoms with Crippen LogP contribution in [-0.2, 0) is 0 Å². The van der Waals surface area contributed by atoms with Crippen LogP contribution < -0.4 is 5.32 Å². The molecule has 0 heterocycles. The van der Waals surface area contributed by atoms with E-state index in [0.717, 1.165) is 0 Å². The van der Waals surface area contributed by atoms with Gasteiger partial charge in [0.05, 0.1) is 11.3 Å². The monoisotopic (exact) mass is 228 g/mol. The summed E-state index contributed by atoms with van der Waals surface area (Å²) in [7, 11) is 0. The second-order valence-electron chi connectivity index (χ2n) is 3.30. The van der Waals surface area contributed by atoms with Crippen molar-refractivity contribution in [1.82, 2.24) is 0 Å². The Morgan fingerprint density at radius 1 is 1.25 bits per heavy atom. The van der Waals surface area contributed by atoms with Gasteiger partial charge in [0.2, 0.25) is 0 Å². The Balaban J connectivity index is 2.41. The summed E-state index contributed by atoms with van der Waals surface area (Å²) in [5.41, 5.74) is 1.02. The van der Waals surface area contributed by atoms with Crippen molar-refractivity contribution >= 4 is 5.69 Å². The zero-order valence-electron chi connectivity index (χ0n) is 8.51. The average molecular weight is 228 g/mol. The number of nitriles is 1. The van der Waals surface area contributed by atoms with Crippen molar-refractivity contribution in [2.24, 2.45) is 0 Å². The van der Waals surface area contributed by atoms with Gasteiger partial charge in [-0.05, 0) is 18.6 Å². The maximum Gasteiger partial charge on any atom is 0.389 e. The van der Waals surface area contributed by atoms with Crippen LogP contribution in [0.1, 0.15) is 18.4 Å². The number of alkyl halides is 3.